The molecule has 0 saturated heterocycles. The Morgan fingerprint density at radius 3 is 2.13 bits per heavy atom. The molecule has 0 heterocycles. The van der Waals surface area contributed by atoms with Gasteiger partial charge in [0.15, 0.2) is 8.32 Å². The standard InChI is InChI=1S/C11H18OSi.CH4O/c1-4-13(3,12-2)10-11-8-6-5-7-9-11;1-2/h5-9H,4,10H2,1-3H3;2H,1H3. The van der Waals surface area contributed by atoms with Crippen LogP contribution in [0.4, 0.5) is 0 Å². The molecule has 0 bridgehead atoms. The lowest BCUT2D eigenvalue weighted by atomic mass is 10.2. The van der Waals surface area contributed by atoms with Gasteiger partial charge in [-0.3, -0.25) is 0 Å². The third-order valence-electron chi connectivity index (χ3n) is 2.66. The normalized spacial score (nSPS) is 13.7. The summed E-state index contributed by atoms with van der Waals surface area (Å²) in [5.74, 6) is 0. The molecule has 0 fully saturated rings. The number of benzene rings is 1. The highest BCUT2D eigenvalue weighted by atomic mass is 28.4. The molecule has 3 heteroatoms. The first-order valence-electron chi connectivity index (χ1n) is 5.24. The molecule has 0 aromatic heterocycles. The number of hydrogen-bond donors (Lipinski definition) is 1. The molecule has 2 nitrogen and oxygen atoms in total. The lowest BCUT2D eigenvalue weighted by molar-refractivity contribution is 0.397. The van der Waals surface area contributed by atoms with E-state index in [4.69, 9.17) is 9.53 Å². The van der Waals surface area contributed by atoms with Crippen LogP contribution in [-0.2, 0) is 10.5 Å². The molecule has 1 rings (SSSR count). The van der Waals surface area contributed by atoms with Crippen LogP contribution in [0.5, 0.6) is 0 Å². The highest BCUT2D eigenvalue weighted by Gasteiger charge is 2.25. The summed E-state index contributed by atoms with van der Waals surface area (Å²) in [6, 6.07) is 12.9. The van der Waals surface area contributed by atoms with Gasteiger partial charge in [0, 0.05) is 14.2 Å². The van der Waals surface area contributed by atoms with Crippen LogP contribution in [0.25, 0.3) is 0 Å². The van der Waals surface area contributed by atoms with Gasteiger partial charge >= 0.3 is 0 Å². The molecule has 0 amide bonds. The first-order chi connectivity index (χ1) is 7.20. The van der Waals surface area contributed by atoms with E-state index < -0.39 is 8.32 Å². The highest BCUT2D eigenvalue weighted by molar-refractivity contribution is 6.71. The molecule has 1 unspecified atom stereocenters. The number of aliphatic hydroxyl groups excluding tert-OH is 1. The van der Waals surface area contributed by atoms with Crippen molar-refractivity contribution in [2.75, 3.05) is 14.2 Å². The Kier molecular flexibility index (Phi) is 7.30. The third kappa shape index (κ3) is 5.11. The molecule has 0 spiro atoms. The molecular formula is C12H22O2Si. The third-order valence-corrected chi connectivity index (χ3v) is 6.30. The Morgan fingerprint density at radius 2 is 1.73 bits per heavy atom. The maximum absolute atomic E-state index is 7.00. The fourth-order valence-corrected chi connectivity index (χ4v) is 3.15. The van der Waals surface area contributed by atoms with Gasteiger partial charge in [-0.25, -0.2) is 0 Å². The zero-order valence-corrected chi connectivity index (χ0v) is 11.2. The smallest absolute Gasteiger partial charge is 0.193 e. The van der Waals surface area contributed by atoms with Crippen molar-refractivity contribution in [3.8, 4) is 0 Å². The minimum atomic E-state index is -1.44. The van der Waals surface area contributed by atoms with Gasteiger partial charge < -0.3 is 9.53 Å². The molecule has 1 aromatic carbocycles. The van der Waals surface area contributed by atoms with Crippen LogP contribution in [0.1, 0.15) is 12.5 Å². The van der Waals surface area contributed by atoms with Crippen molar-refractivity contribution in [2.24, 2.45) is 0 Å². The second-order valence-electron chi connectivity index (χ2n) is 3.67. The fraction of sp³-hybridized carbons (Fsp3) is 0.500. The van der Waals surface area contributed by atoms with Crippen molar-refractivity contribution < 1.29 is 9.53 Å². The summed E-state index contributed by atoms with van der Waals surface area (Å²) >= 11 is 0. The summed E-state index contributed by atoms with van der Waals surface area (Å²) in [5, 5.41) is 7.00. The van der Waals surface area contributed by atoms with Crippen molar-refractivity contribution >= 4 is 8.32 Å². The van der Waals surface area contributed by atoms with Gasteiger partial charge in [-0.1, -0.05) is 37.3 Å². The van der Waals surface area contributed by atoms with Crippen LogP contribution >= 0.6 is 0 Å². The largest absolute Gasteiger partial charge is 0.420 e. The van der Waals surface area contributed by atoms with E-state index in [9.17, 15) is 0 Å². The second-order valence-corrected chi connectivity index (χ2v) is 8.04. The molecule has 86 valence electrons. The average molecular weight is 226 g/mol. The molecule has 0 radical (unpaired) electrons. The van der Waals surface area contributed by atoms with Crippen molar-refractivity contribution in [2.45, 2.75) is 25.6 Å². The Morgan fingerprint density at radius 1 is 1.20 bits per heavy atom. The van der Waals surface area contributed by atoms with Crippen molar-refractivity contribution in [3.63, 3.8) is 0 Å². The Hall–Kier alpha value is -0.643. The van der Waals surface area contributed by atoms with Crippen LogP contribution < -0.4 is 0 Å². The molecule has 0 aliphatic rings. The van der Waals surface area contributed by atoms with Crippen molar-refractivity contribution in [1.29, 1.82) is 0 Å². The highest BCUT2D eigenvalue weighted by Crippen LogP contribution is 2.16. The maximum atomic E-state index is 7.00. The van der Waals surface area contributed by atoms with Crippen LogP contribution in [0, 0.1) is 0 Å². The van der Waals surface area contributed by atoms with Gasteiger partial charge in [-0.2, -0.15) is 0 Å². The van der Waals surface area contributed by atoms with E-state index in [1.807, 2.05) is 7.11 Å². The number of hydrogen-bond acceptors (Lipinski definition) is 2. The summed E-state index contributed by atoms with van der Waals surface area (Å²) in [4.78, 5) is 0. The van der Waals surface area contributed by atoms with E-state index >= 15 is 0 Å². The predicted octanol–water partition coefficient (Wildman–Crippen LogP) is 2.62. The molecule has 1 N–H and O–H groups in total. The van der Waals surface area contributed by atoms with Gasteiger partial charge in [0.2, 0.25) is 0 Å². The maximum Gasteiger partial charge on any atom is 0.193 e. The molecule has 0 saturated carbocycles. The van der Waals surface area contributed by atoms with Gasteiger partial charge in [0.1, 0.15) is 0 Å². The zero-order chi connectivity index (χ0) is 11.7. The second kappa shape index (κ2) is 7.62. The monoisotopic (exact) mass is 226 g/mol. The van der Waals surface area contributed by atoms with Crippen LogP contribution in [0.2, 0.25) is 12.6 Å². The van der Waals surface area contributed by atoms with Crippen LogP contribution in [0.3, 0.4) is 0 Å². The van der Waals surface area contributed by atoms with Gasteiger partial charge in [0.25, 0.3) is 0 Å². The molecule has 1 atom stereocenters. The van der Waals surface area contributed by atoms with E-state index in [2.05, 4.69) is 43.8 Å². The Balaban J connectivity index is 0.000000921. The quantitative estimate of drug-likeness (QED) is 0.800. The van der Waals surface area contributed by atoms with E-state index in [0.29, 0.717) is 0 Å². The SMILES string of the molecule is CC[Si](C)(Cc1ccccc1)OC.CO. The number of rotatable bonds is 4. The first-order valence-corrected chi connectivity index (χ1v) is 8.06. The summed E-state index contributed by atoms with van der Waals surface area (Å²) in [6.07, 6.45) is 0. The minimum Gasteiger partial charge on any atom is -0.420 e. The summed E-state index contributed by atoms with van der Waals surface area (Å²) in [7, 11) is 1.41. The van der Waals surface area contributed by atoms with E-state index in [0.717, 1.165) is 13.2 Å². The first kappa shape index (κ1) is 14.4. The van der Waals surface area contributed by atoms with Crippen LogP contribution in [0.15, 0.2) is 30.3 Å². The molecular weight excluding hydrogens is 204 g/mol. The van der Waals surface area contributed by atoms with Crippen LogP contribution in [-0.4, -0.2) is 27.6 Å². The van der Waals surface area contributed by atoms with Gasteiger partial charge in [-0.15, -0.1) is 0 Å². The Labute approximate surface area is 94.0 Å². The van der Waals surface area contributed by atoms with Crippen molar-refractivity contribution in [3.05, 3.63) is 35.9 Å². The summed E-state index contributed by atoms with van der Waals surface area (Å²) in [5.41, 5.74) is 1.40. The van der Waals surface area contributed by atoms with E-state index in [1.165, 1.54) is 11.6 Å². The zero-order valence-electron chi connectivity index (χ0n) is 10.2. The van der Waals surface area contributed by atoms with Gasteiger partial charge in [0.05, 0.1) is 0 Å². The summed E-state index contributed by atoms with van der Waals surface area (Å²) < 4.78 is 5.63. The number of aliphatic hydroxyl groups is 1. The van der Waals surface area contributed by atoms with E-state index in [-0.39, 0.29) is 0 Å². The molecule has 1 aromatic rings. The molecule has 15 heavy (non-hydrogen) atoms. The molecule has 0 aliphatic carbocycles. The van der Waals surface area contributed by atoms with Gasteiger partial charge in [-0.05, 0) is 24.2 Å². The topological polar surface area (TPSA) is 29.5 Å². The lowest BCUT2D eigenvalue weighted by Crippen LogP contribution is -2.35. The average Bonchev–Trinajstić information content (AvgIpc) is 2.33. The summed E-state index contributed by atoms with van der Waals surface area (Å²) in [6.45, 7) is 4.51. The lowest BCUT2D eigenvalue weighted by Gasteiger charge is -2.23. The van der Waals surface area contributed by atoms with E-state index in [1.54, 1.807) is 0 Å². The van der Waals surface area contributed by atoms with Crippen molar-refractivity contribution in [1.82, 2.24) is 0 Å². The molecule has 0 aliphatic heterocycles. The predicted molar refractivity (Wildman–Crippen MR) is 67.4 cm³/mol. The minimum absolute atomic E-state index is 1.00. The Bertz CT molecular complexity index is 245. The fourth-order valence-electron chi connectivity index (χ4n) is 1.37.